The maximum atomic E-state index is 13.1. The number of carbonyl (C=O) groups is 1. The van der Waals surface area contributed by atoms with Crippen LogP contribution in [0.5, 0.6) is 5.75 Å². The first kappa shape index (κ1) is 22.4. The largest absolute Gasteiger partial charge is 0.489 e. The summed E-state index contributed by atoms with van der Waals surface area (Å²) < 4.78 is 24.4. The van der Waals surface area contributed by atoms with Crippen LogP contribution in [0.1, 0.15) is 46.4 Å². The van der Waals surface area contributed by atoms with Gasteiger partial charge >= 0.3 is 5.97 Å². The lowest BCUT2D eigenvalue weighted by Crippen LogP contribution is -2.21. The number of rotatable bonds is 8. The van der Waals surface area contributed by atoms with Crippen LogP contribution in [0.15, 0.2) is 72.0 Å². The Morgan fingerprint density at radius 3 is 2.58 bits per heavy atom. The molecule has 170 valence electrons. The molecule has 0 saturated carbocycles. The second-order valence-electron chi connectivity index (χ2n) is 7.52. The van der Waals surface area contributed by atoms with Gasteiger partial charge in [0.15, 0.2) is 0 Å². The number of ether oxygens (including phenoxy) is 2. The predicted octanol–water partition coefficient (Wildman–Crippen LogP) is 4.79. The summed E-state index contributed by atoms with van der Waals surface area (Å²) in [4.78, 5) is 21.3. The summed E-state index contributed by atoms with van der Waals surface area (Å²) in [5.74, 6) is -0.735. The Morgan fingerprint density at radius 2 is 1.88 bits per heavy atom. The number of carboxylic acid groups (broad SMARTS) is 1. The minimum atomic E-state index is -1.06. The van der Waals surface area contributed by atoms with Crippen molar-refractivity contribution in [3.05, 3.63) is 95.1 Å². The number of benzene rings is 2. The molecule has 0 spiro atoms. The first-order valence-corrected chi connectivity index (χ1v) is 10.6. The van der Waals surface area contributed by atoms with Crippen LogP contribution in [0.2, 0.25) is 0 Å². The van der Waals surface area contributed by atoms with Gasteiger partial charge in [-0.1, -0.05) is 17.3 Å². The van der Waals surface area contributed by atoms with Gasteiger partial charge in [0, 0.05) is 18.2 Å². The van der Waals surface area contributed by atoms with Gasteiger partial charge in [-0.15, -0.1) is 0 Å². The highest BCUT2D eigenvalue weighted by atomic mass is 19.1. The topological polar surface area (TPSA) is 90.2 Å². The van der Waals surface area contributed by atoms with Gasteiger partial charge in [-0.05, 0) is 66.9 Å². The second-order valence-corrected chi connectivity index (χ2v) is 7.52. The van der Waals surface area contributed by atoms with E-state index in [2.05, 4.69) is 10.1 Å². The lowest BCUT2D eigenvalue weighted by Gasteiger charge is -2.20. The molecule has 8 heteroatoms. The van der Waals surface area contributed by atoms with Crippen molar-refractivity contribution in [2.75, 3.05) is 6.61 Å². The molecule has 1 N–H and O–H groups in total. The fourth-order valence-electron chi connectivity index (χ4n) is 3.30. The molecule has 1 atom stereocenters. The molecule has 2 aromatic carbocycles. The number of oxime groups is 1. The first-order chi connectivity index (χ1) is 16.1. The summed E-state index contributed by atoms with van der Waals surface area (Å²) in [5, 5.41) is 13.6. The smallest absolute Gasteiger partial charge is 0.335 e. The quantitative estimate of drug-likeness (QED) is 0.392. The number of aromatic carboxylic acids is 1. The molecule has 33 heavy (non-hydrogen) atoms. The van der Waals surface area contributed by atoms with E-state index in [0.29, 0.717) is 35.9 Å². The average Bonchev–Trinajstić information content (AvgIpc) is 2.85. The van der Waals surface area contributed by atoms with Gasteiger partial charge in [-0.2, -0.15) is 0 Å². The van der Waals surface area contributed by atoms with Crippen molar-refractivity contribution in [1.29, 1.82) is 0 Å². The van der Waals surface area contributed by atoms with Crippen molar-refractivity contribution in [3.63, 3.8) is 0 Å². The summed E-state index contributed by atoms with van der Waals surface area (Å²) in [7, 11) is 0. The molecule has 7 nitrogen and oxygen atoms in total. The van der Waals surface area contributed by atoms with E-state index in [4.69, 9.17) is 14.3 Å². The molecular formula is C25H23FN2O5. The lowest BCUT2D eigenvalue weighted by molar-refractivity contribution is -0.162. The summed E-state index contributed by atoms with van der Waals surface area (Å²) in [5.41, 5.74) is 2.37. The molecule has 1 aliphatic rings. The molecule has 0 aliphatic carbocycles. The number of halogens is 1. The predicted molar refractivity (Wildman–Crippen MR) is 119 cm³/mol. The van der Waals surface area contributed by atoms with Crippen LogP contribution in [0.25, 0.3) is 0 Å². The van der Waals surface area contributed by atoms with Crippen molar-refractivity contribution in [3.8, 4) is 5.75 Å². The highest BCUT2D eigenvalue weighted by Gasteiger charge is 2.17. The Bertz CT molecular complexity index is 1110. The Kier molecular flexibility index (Phi) is 7.26. The molecule has 0 radical (unpaired) electrons. The van der Waals surface area contributed by atoms with Crippen LogP contribution in [-0.2, 0) is 16.2 Å². The fraction of sp³-hybridized carbons (Fsp3) is 0.240. The van der Waals surface area contributed by atoms with Crippen LogP contribution in [0, 0.1) is 5.82 Å². The first-order valence-electron chi connectivity index (χ1n) is 10.6. The molecule has 2 heterocycles. The van der Waals surface area contributed by atoms with Gasteiger partial charge < -0.3 is 19.4 Å². The summed E-state index contributed by atoms with van der Waals surface area (Å²) in [6, 6.07) is 16.1. The van der Waals surface area contributed by atoms with E-state index < -0.39 is 12.3 Å². The third kappa shape index (κ3) is 6.14. The minimum absolute atomic E-state index is 0.0980. The molecular weight excluding hydrogens is 427 g/mol. The monoisotopic (exact) mass is 450 g/mol. The maximum Gasteiger partial charge on any atom is 0.335 e. The standard InChI is InChI=1S/C25H23FN2O5/c26-20-8-4-17(5-9-20)16-32-21-10-6-18(7-11-21)24(28-33-23-3-1-2-14-31-23)22-15-19(25(29)30)12-13-27-22/h4-13,15,23H,1-3,14,16H2,(H,29,30)/b28-24+. The van der Waals surface area contributed by atoms with E-state index in [9.17, 15) is 14.3 Å². The van der Waals surface area contributed by atoms with Crippen molar-refractivity contribution >= 4 is 11.7 Å². The SMILES string of the molecule is O=C(O)c1ccnc(/C(=N/OC2CCCCO2)c2ccc(OCc3ccc(F)cc3)cc2)c1. The fourth-order valence-corrected chi connectivity index (χ4v) is 3.30. The Hall–Kier alpha value is -3.78. The highest BCUT2D eigenvalue weighted by Crippen LogP contribution is 2.20. The number of aromatic nitrogens is 1. The Balaban J connectivity index is 1.54. The molecule has 1 fully saturated rings. The number of hydrogen-bond donors (Lipinski definition) is 1. The third-order valence-electron chi connectivity index (χ3n) is 5.10. The van der Waals surface area contributed by atoms with Crippen molar-refractivity contribution in [2.45, 2.75) is 32.2 Å². The highest BCUT2D eigenvalue weighted by molar-refractivity contribution is 6.12. The summed E-state index contributed by atoms with van der Waals surface area (Å²) in [6.07, 6.45) is 3.68. The van der Waals surface area contributed by atoms with Gasteiger partial charge in [0.2, 0.25) is 6.29 Å². The van der Waals surface area contributed by atoms with Crippen molar-refractivity contribution in [2.24, 2.45) is 5.16 Å². The molecule has 4 rings (SSSR count). The molecule has 0 bridgehead atoms. The normalized spacial score (nSPS) is 16.3. The zero-order valence-corrected chi connectivity index (χ0v) is 17.8. The van der Waals surface area contributed by atoms with Gasteiger partial charge in [-0.25, -0.2) is 9.18 Å². The van der Waals surface area contributed by atoms with Crippen LogP contribution in [0.4, 0.5) is 4.39 Å². The van der Waals surface area contributed by atoms with Gasteiger partial charge in [0.1, 0.15) is 23.9 Å². The Morgan fingerprint density at radius 1 is 1.09 bits per heavy atom. The zero-order valence-electron chi connectivity index (χ0n) is 17.8. The average molecular weight is 450 g/mol. The van der Waals surface area contributed by atoms with E-state index in [1.54, 1.807) is 36.4 Å². The van der Waals surface area contributed by atoms with E-state index in [-0.39, 0.29) is 11.4 Å². The molecule has 0 amide bonds. The molecule has 1 aliphatic heterocycles. The van der Waals surface area contributed by atoms with E-state index in [0.717, 1.165) is 24.8 Å². The number of nitrogens with zero attached hydrogens (tertiary/aromatic N) is 2. The van der Waals surface area contributed by atoms with Gasteiger partial charge in [-0.3, -0.25) is 4.98 Å². The van der Waals surface area contributed by atoms with E-state index in [1.165, 1.54) is 30.5 Å². The second kappa shape index (κ2) is 10.7. The van der Waals surface area contributed by atoms with Gasteiger partial charge in [0.05, 0.1) is 17.9 Å². The van der Waals surface area contributed by atoms with E-state index >= 15 is 0 Å². The summed E-state index contributed by atoms with van der Waals surface area (Å²) >= 11 is 0. The number of hydrogen-bond acceptors (Lipinski definition) is 6. The lowest BCUT2D eigenvalue weighted by atomic mass is 10.1. The Labute approximate surface area is 190 Å². The van der Waals surface area contributed by atoms with Crippen molar-refractivity contribution < 1.29 is 28.6 Å². The van der Waals surface area contributed by atoms with Gasteiger partial charge in [0.25, 0.3) is 0 Å². The maximum absolute atomic E-state index is 13.1. The minimum Gasteiger partial charge on any atom is -0.489 e. The molecule has 1 saturated heterocycles. The molecule has 1 unspecified atom stereocenters. The third-order valence-corrected chi connectivity index (χ3v) is 5.10. The summed E-state index contributed by atoms with van der Waals surface area (Å²) in [6.45, 7) is 0.910. The molecule has 3 aromatic rings. The number of carboxylic acids is 1. The van der Waals surface area contributed by atoms with Crippen LogP contribution in [-0.4, -0.2) is 34.7 Å². The van der Waals surface area contributed by atoms with Crippen LogP contribution in [0.3, 0.4) is 0 Å². The van der Waals surface area contributed by atoms with E-state index in [1.807, 2.05) is 0 Å². The van der Waals surface area contributed by atoms with Crippen molar-refractivity contribution in [1.82, 2.24) is 4.98 Å². The molecule has 1 aromatic heterocycles. The van der Waals surface area contributed by atoms with Crippen LogP contribution >= 0.6 is 0 Å². The van der Waals surface area contributed by atoms with Crippen LogP contribution < -0.4 is 4.74 Å². The zero-order chi connectivity index (χ0) is 23.0. The number of pyridine rings is 1.